The van der Waals surface area contributed by atoms with Gasteiger partial charge in [-0.25, -0.2) is 0 Å². The Kier molecular flexibility index (Phi) is 4.84. The summed E-state index contributed by atoms with van der Waals surface area (Å²) in [6.45, 7) is 0. The number of hydrogen-bond acceptors (Lipinski definition) is 0. The van der Waals surface area contributed by atoms with E-state index in [2.05, 4.69) is 48.5 Å². The van der Waals surface area contributed by atoms with Crippen molar-refractivity contribution in [3.05, 3.63) is 64.7 Å². The van der Waals surface area contributed by atoms with Crippen LogP contribution in [0.15, 0.2) is 48.0 Å². The van der Waals surface area contributed by atoms with Crippen LogP contribution in [0.4, 0.5) is 0 Å². The molecule has 5 fully saturated rings. The van der Waals surface area contributed by atoms with Crippen LogP contribution in [0, 0.1) is 29.6 Å². The summed E-state index contributed by atoms with van der Waals surface area (Å²) in [5, 5.41) is 0. The molecule has 0 spiro atoms. The smallest absolute Gasteiger partial charge is 0.00575 e. The molecule has 0 unspecified atom stereocenters. The summed E-state index contributed by atoms with van der Waals surface area (Å²) in [6, 6.07) is 16.7. The van der Waals surface area contributed by atoms with Crippen LogP contribution in [0.3, 0.4) is 0 Å². The quantitative estimate of drug-likeness (QED) is 0.462. The van der Waals surface area contributed by atoms with Gasteiger partial charge in [-0.3, -0.25) is 0 Å². The molecular formula is C32H38. The van der Waals surface area contributed by atoms with Crippen molar-refractivity contribution in [1.29, 1.82) is 0 Å². The monoisotopic (exact) mass is 422 g/mol. The molecule has 166 valence electrons. The van der Waals surface area contributed by atoms with E-state index in [1.807, 2.05) is 0 Å². The third kappa shape index (κ3) is 3.41. The van der Waals surface area contributed by atoms with Gasteiger partial charge in [-0.05, 0) is 121 Å². The van der Waals surface area contributed by atoms with Crippen molar-refractivity contribution in [1.82, 2.24) is 0 Å². The van der Waals surface area contributed by atoms with Gasteiger partial charge in [0.25, 0.3) is 0 Å². The lowest BCUT2D eigenvalue weighted by molar-refractivity contribution is -0.0360. The van der Waals surface area contributed by atoms with E-state index in [-0.39, 0.29) is 0 Å². The molecule has 5 saturated carbocycles. The fourth-order valence-electron chi connectivity index (χ4n) is 8.86. The Bertz CT molecular complexity index is 989. The Morgan fingerprint density at radius 1 is 0.719 bits per heavy atom. The molecule has 0 N–H and O–H groups in total. The van der Waals surface area contributed by atoms with Gasteiger partial charge >= 0.3 is 0 Å². The Morgan fingerprint density at radius 3 is 2.16 bits per heavy atom. The number of fused-ring (bicyclic) bond motifs is 1. The highest BCUT2D eigenvalue weighted by Crippen LogP contribution is 2.58. The van der Waals surface area contributed by atoms with Gasteiger partial charge in [-0.15, -0.1) is 0 Å². The van der Waals surface area contributed by atoms with Crippen LogP contribution in [0.25, 0.3) is 17.2 Å². The lowest BCUT2D eigenvalue weighted by atomic mass is 9.51. The van der Waals surface area contributed by atoms with Crippen LogP contribution in [-0.2, 0) is 6.42 Å². The minimum absolute atomic E-state index is 0.798. The number of rotatable bonds is 4. The van der Waals surface area contributed by atoms with E-state index in [0.717, 1.165) is 35.5 Å². The van der Waals surface area contributed by atoms with Crippen molar-refractivity contribution in [3.8, 4) is 11.1 Å². The number of benzene rings is 2. The molecule has 32 heavy (non-hydrogen) atoms. The normalized spacial score (nSPS) is 33.4. The minimum Gasteiger partial charge on any atom is -0.0649 e. The standard InChI is InChI=1S/C32H38/c1-2-5-24(6-3-1)25-9-11-26(12-10-25)30-8-4-7-27-14-23(20-32(27)30)19-31-28-15-21-13-22(17-28)18-29(31)16-21/h4,7-12,20-22,24,28-29,31H,1-3,5-6,13-19H2. The molecule has 0 amide bonds. The SMILES string of the molecule is C1=C(CC2C3CC4CC(C3)CC2C4)Cc2cccc(-c3ccc(C4CCCCC4)cc3)c21. The van der Waals surface area contributed by atoms with E-state index in [9.17, 15) is 0 Å². The molecule has 2 aromatic rings. The highest BCUT2D eigenvalue weighted by atomic mass is 14.5. The van der Waals surface area contributed by atoms with E-state index < -0.39 is 0 Å². The summed E-state index contributed by atoms with van der Waals surface area (Å²) in [6.07, 6.45) is 20.0. The number of hydrogen-bond donors (Lipinski definition) is 0. The average molecular weight is 423 g/mol. The van der Waals surface area contributed by atoms with Crippen LogP contribution < -0.4 is 0 Å². The summed E-state index contributed by atoms with van der Waals surface area (Å²) in [7, 11) is 0. The van der Waals surface area contributed by atoms with Crippen LogP contribution in [0.5, 0.6) is 0 Å². The van der Waals surface area contributed by atoms with Gasteiger partial charge in [0.1, 0.15) is 0 Å². The van der Waals surface area contributed by atoms with Crippen LogP contribution >= 0.6 is 0 Å². The van der Waals surface area contributed by atoms with Gasteiger partial charge in [-0.2, -0.15) is 0 Å². The van der Waals surface area contributed by atoms with Crippen molar-refractivity contribution in [2.45, 2.75) is 83.0 Å². The Balaban J connectivity index is 1.12. The number of allylic oxidation sites excluding steroid dienone is 1. The lowest BCUT2D eigenvalue weighted by Crippen LogP contribution is -2.45. The van der Waals surface area contributed by atoms with Crippen LogP contribution in [-0.4, -0.2) is 0 Å². The molecule has 0 atom stereocenters. The maximum atomic E-state index is 2.60. The zero-order chi connectivity index (χ0) is 21.1. The fourth-order valence-corrected chi connectivity index (χ4v) is 8.86. The van der Waals surface area contributed by atoms with Gasteiger partial charge < -0.3 is 0 Å². The second-order valence-corrected chi connectivity index (χ2v) is 12.1. The zero-order valence-corrected chi connectivity index (χ0v) is 19.6. The molecule has 0 heterocycles. The third-order valence-electron chi connectivity index (χ3n) is 10.2. The van der Waals surface area contributed by atoms with Crippen LogP contribution in [0.1, 0.15) is 93.2 Å². The zero-order valence-electron chi connectivity index (χ0n) is 19.6. The first kappa shape index (κ1) is 19.6. The van der Waals surface area contributed by atoms with Crippen molar-refractivity contribution >= 4 is 6.08 Å². The van der Waals surface area contributed by atoms with E-state index >= 15 is 0 Å². The molecule has 0 aromatic heterocycles. The van der Waals surface area contributed by atoms with E-state index in [0.29, 0.717) is 0 Å². The summed E-state index contributed by atoms with van der Waals surface area (Å²) >= 11 is 0. The van der Waals surface area contributed by atoms with Gasteiger partial charge in [0.2, 0.25) is 0 Å². The van der Waals surface area contributed by atoms with E-state index in [4.69, 9.17) is 0 Å². The average Bonchev–Trinajstić information content (AvgIpc) is 3.24. The van der Waals surface area contributed by atoms with Crippen molar-refractivity contribution in [3.63, 3.8) is 0 Å². The molecule has 2 aromatic carbocycles. The Morgan fingerprint density at radius 2 is 1.44 bits per heavy atom. The topological polar surface area (TPSA) is 0 Å². The largest absolute Gasteiger partial charge is 0.0649 e. The van der Waals surface area contributed by atoms with Gasteiger partial charge in [0.05, 0.1) is 0 Å². The first-order valence-electron chi connectivity index (χ1n) is 13.7. The fraction of sp³-hybridized carbons (Fsp3) is 0.562. The molecule has 0 saturated heterocycles. The van der Waals surface area contributed by atoms with Crippen LogP contribution in [0.2, 0.25) is 0 Å². The third-order valence-corrected chi connectivity index (χ3v) is 10.2. The first-order valence-corrected chi connectivity index (χ1v) is 13.7. The molecule has 6 aliphatic carbocycles. The molecule has 8 rings (SSSR count). The molecule has 4 bridgehead atoms. The molecule has 0 nitrogen and oxygen atoms in total. The second-order valence-electron chi connectivity index (χ2n) is 12.1. The summed E-state index contributed by atoms with van der Waals surface area (Å²) in [5.74, 6) is 6.05. The van der Waals surface area contributed by atoms with E-state index in [1.165, 1.54) is 61.6 Å². The summed E-state index contributed by atoms with van der Waals surface area (Å²) < 4.78 is 0. The van der Waals surface area contributed by atoms with E-state index in [1.54, 1.807) is 48.8 Å². The Labute approximate surface area is 194 Å². The van der Waals surface area contributed by atoms with Gasteiger partial charge in [0.15, 0.2) is 0 Å². The van der Waals surface area contributed by atoms with Gasteiger partial charge in [-0.1, -0.05) is 73.4 Å². The predicted molar refractivity (Wildman–Crippen MR) is 135 cm³/mol. The second kappa shape index (κ2) is 7.89. The lowest BCUT2D eigenvalue weighted by Gasteiger charge is -2.54. The first-order chi connectivity index (χ1) is 15.8. The molecule has 6 aliphatic rings. The highest BCUT2D eigenvalue weighted by molar-refractivity contribution is 5.80. The maximum absolute atomic E-state index is 2.60. The molecule has 0 radical (unpaired) electrons. The van der Waals surface area contributed by atoms with Gasteiger partial charge in [0, 0.05) is 0 Å². The minimum atomic E-state index is 0.798. The summed E-state index contributed by atoms with van der Waals surface area (Å²) in [5.41, 5.74) is 9.25. The van der Waals surface area contributed by atoms with Crippen molar-refractivity contribution in [2.24, 2.45) is 29.6 Å². The van der Waals surface area contributed by atoms with Crippen molar-refractivity contribution in [2.75, 3.05) is 0 Å². The Hall–Kier alpha value is -1.82. The molecule has 0 aliphatic heterocycles. The summed E-state index contributed by atoms with van der Waals surface area (Å²) in [4.78, 5) is 0. The van der Waals surface area contributed by atoms with Crippen molar-refractivity contribution < 1.29 is 0 Å². The molecular weight excluding hydrogens is 384 g/mol. The predicted octanol–water partition coefficient (Wildman–Crippen LogP) is 8.80. The molecule has 0 heteroatoms. The maximum Gasteiger partial charge on any atom is -0.00575 e. The highest BCUT2D eigenvalue weighted by Gasteiger charge is 2.48.